The van der Waals surface area contributed by atoms with Crippen LogP contribution in [-0.4, -0.2) is 19.6 Å². The summed E-state index contributed by atoms with van der Waals surface area (Å²) in [6.07, 6.45) is -1.96. The lowest BCUT2D eigenvalue weighted by molar-refractivity contribution is -0.140. The summed E-state index contributed by atoms with van der Waals surface area (Å²) >= 11 is 0. The van der Waals surface area contributed by atoms with E-state index in [0.29, 0.717) is 30.0 Å². The molecule has 0 amide bonds. The van der Waals surface area contributed by atoms with Crippen LogP contribution in [0.25, 0.3) is 5.78 Å². The van der Waals surface area contributed by atoms with Crippen LogP contribution in [0, 0.1) is 12.7 Å². The zero-order valence-corrected chi connectivity index (χ0v) is 13.1. The van der Waals surface area contributed by atoms with Crippen LogP contribution in [0.4, 0.5) is 23.4 Å². The predicted octanol–water partition coefficient (Wildman–Crippen LogP) is 3.69. The number of hydrogen-bond acceptors (Lipinski definition) is 4. The van der Waals surface area contributed by atoms with Crippen molar-refractivity contribution in [3.8, 4) is 0 Å². The maximum absolute atomic E-state index is 13.9. The molecule has 1 aromatic carbocycles. The first-order chi connectivity index (χ1) is 11.8. The van der Waals surface area contributed by atoms with E-state index in [0.717, 1.165) is 17.8 Å². The summed E-state index contributed by atoms with van der Waals surface area (Å²) < 4.78 is 53.6. The molecule has 5 nitrogen and oxygen atoms in total. The maximum Gasteiger partial charge on any atom is 0.419 e. The van der Waals surface area contributed by atoms with Gasteiger partial charge in [-0.1, -0.05) is 6.07 Å². The third-order valence-electron chi connectivity index (χ3n) is 4.37. The van der Waals surface area contributed by atoms with Gasteiger partial charge in [0, 0.05) is 11.8 Å². The van der Waals surface area contributed by atoms with E-state index in [1.807, 2.05) is 6.92 Å². The number of alkyl halides is 3. The Morgan fingerprint density at radius 2 is 1.96 bits per heavy atom. The molecule has 3 aromatic rings. The molecule has 0 aliphatic heterocycles. The Hall–Kier alpha value is -2.71. The highest BCUT2D eigenvalue weighted by Gasteiger charge is 2.46. The van der Waals surface area contributed by atoms with Crippen molar-refractivity contribution in [3.63, 3.8) is 0 Å². The Kier molecular flexibility index (Phi) is 3.25. The molecule has 1 aliphatic rings. The second kappa shape index (κ2) is 5.14. The van der Waals surface area contributed by atoms with E-state index in [-0.39, 0.29) is 0 Å². The number of fused-ring (bicyclic) bond motifs is 1. The van der Waals surface area contributed by atoms with Gasteiger partial charge in [0.2, 0.25) is 0 Å². The van der Waals surface area contributed by atoms with Crippen molar-refractivity contribution in [3.05, 3.63) is 53.2 Å². The van der Waals surface area contributed by atoms with E-state index in [4.69, 9.17) is 0 Å². The molecule has 0 spiro atoms. The van der Waals surface area contributed by atoms with Crippen LogP contribution in [0.2, 0.25) is 0 Å². The number of nitrogens with zero attached hydrogens (tertiary/aromatic N) is 4. The zero-order valence-electron chi connectivity index (χ0n) is 13.1. The van der Waals surface area contributed by atoms with Gasteiger partial charge in [-0.3, -0.25) is 0 Å². The van der Waals surface area contributed by atoms with E-state index in [1.165, 1.54) is 12.4 Å². The summed E-state index contributed by atoms with van der Waals surface area (Å²) in [5, 5.41) is 7.25. The minimum atomic E-state index is -4.70. The summed E-state index contributed by atoms with van der Waals surface area (Å²) in [7, 11) is 0. The summed E-state index contributed by atoms with van der Waals surface area (Å²) in [4.78, 5) is 8.36. The average molecular weight is 351 g/mol. The number of rotatable bonds is 3. The largest absolute Gasteiger partial charge is 0.419 e. The highest BCUT2D eigenvalue weighted by molar-refractivity contribution is 5.50. The zero-order chi connectivity index (χ0) is 17.8. The first kappa shape index (κ1) is 15.8. The van der Waals surface area contributed by atoms with Crippen molar-refractivity contribution in [2.24, 2.45) is 0 Å². The van der Waals surface area contributed by atoms with Gasteiger partial charge in [-0.2, -0.15) is 28.2 Å². The average Bonchev–Trinajstić information content (AvgIpc) is 3.13. The first-order valence-corrected chi connectivity index (χ1v) is 7.61. The van der Waals surface area contributed by atoms with Gasteiger partial charge < -0.3 is 5.32 Å². The smallest absolute Gasteiger partial charge is 0.360 e. The van der Waals surface area contributed by atoms with E-state index in [1.54, 1.807) is 10.6 Å². The van der Waals surface area contributed by atoms with Gasteiger partial charge in [0.1, 0.15) is 18.0 Å². The summed E-state index contributed by atoms with van der Waals surface area (Å²) in [5.41, 5.74) is -0.591. The summed E-state index contributed by atoms with van der Waals surface area (Å²) in [5.74, 6) is -0.331. The fourth-order valence-electron chi connectivity index (χ4n) is 2.92. The Labute approximate surface area is 139 Å². The lowest BCUT2D eigenvalue weighted by Gasteiger charge is -2.20. The van der Waals surface area contributed by atoms with Crippen LogP contribution in [0.3, 0.4) is 0 Å². The highest BCUT2D eigenvalue weighted by atomic mass is 19.4. The number of benzene rings is 1. The highest BCUT2D eigenvalue weighted by Crippen LogP contribution is 2.49. The molecule has 0 saturated heterocycles. The molecule has 4 rings (SSSR count). The van der Waals surface area contributed by atoms with Crippen molar-refractivity contribution in [2.75, 3.05) is 5.32 Å². The fourth-order valence-corrected chi connectivity index (χ4v) is 2.92. The maximum atomic E-state index is 13.9. The standard InChI is InChI=1S/C16H13F4N5/c1-9-6-13(23-14-21-8-22-25(9)14)24-15(4-5-15)10-2-3-11(12(17)7-10)16(18,19)20/h2-3,6-8H,4-5H2,1H3,(H,21,22,23,24). The van der Waals surface area contributed by atoms with E-state index in [2.05, 4.69) is 20.4 Å². The molecule has 130 valence electrons. The van der Waals surface area contributed by atoms with Crippen LogP contribution in [0.1, 0.15) is 29.7 Å². The van der Waals surface area contributed by atoms with Crippen molar-refractivity contribution < 1.29 is 17.6 Å². The molecule has 0 atom stereocenters. The number of anilines is 1. The molecule has 1 fully saturated rings. The van der Waals surface area contributed by atoms with Crippen molar-refractivity contribution >= 4 is 11.6 Å². The molecule has 0 bridgehead atoms. The second-order valence-corrected chi connectivity index (χ2v) is 6.15. The van der Waals surface area contributed by atoms with Gasteiger partial charge in [-0.05, 0) is 37.5 Å². The normalized spacial score (nSPS) is 16.2. The minimum absolute atomic E-state index is 0.414. The van der Waals surface area contributed by atoms with Gasteiger partial charge >= 0.3 is 6.18 Å². The lowest BCUT2D eigenvalue weighted by Crippen LogP contribution is -2.21. The number of hydrogen-bond donors (Lipinski definition) is 1. The van der Waals surface area contributed by atoms with E-state index >= 15 is 0 Å². The molecular formula is C16H13F4N5. The summed E-state index contributed by atoms with van der Waals surface area (Å²) in [6, 6.07) is 4.81. The lowest BCUT2D eigenvalue weighted by atomic mass is 10.0. The van der Waals surface area contributed by atoms with Crippen molar-refractivity contribution in [1.82, 2.24) is 19.6 Å². The quantitative estimate of drug-likeness (QED) is 0.731. The third-order valence-corrected chi connectivity index (χ3v) is 4.37. The number of nitrogens with one attached hydrogen (secondary N) is 1. The number of aromatic nitrogens is 4. The van der Waals surface area contributed by atoms with Gasteiger partial charge in [0.05, 0.1) is 11.1 Å². The van der Waals surface area contributed by atoms with E-state index < -0.39 is 23.1 Å². The fraction of sp³-hybridized carbons (Fsp3) is 0.312. The van der Waals surface area contributed by atoms with Crippen molar-refractivity contribution in [2.45, 2.75) is 31.5 Å². The van der Waals surface area contributed by atoms with Crippen molar-refractivity contribution in [1.29, 1.82) is 0 Å². The molecule has 9 heteroatoms. The Morgan fingerprint density at radius 1 is 1.20 bits per heavy atom. The predicted molar refractivity (Wildman–Crippen MR) is 81.5 cm³/mol. The molecule has 1 N–H and O–H groups in total. The number of aryl methyl sites for hydroxylation is 1. The van der Waals surface area contributed by atoms with Crippen LogP contribution >= 0.6 is 0 Å². The van der Waals surface area contributed by atoms with Gasteiger partial charge in [-0.15, -0.1) is 0 Å². The van der Waals surface area contributed by atoms with Crippen LogP contribution in [0.5, 0.6) is 0 Å². The summed E-state index contributed by atoms with van der Waals surface area (Å²) in [6.45, 7) is 1.84. The Morgan fingerprint density at radius 3 is 2.60 bits per heavy atom. The van der Waals surface area contributed by atoms with Gasteiger partial charge in [0.25, 0.3) is 5.78 Å². The molecule has 1 aliphatic carbocycles. The molecule has 1 saturated carbocycles. The monoisotopic (exact) mass is 351 g/mol. The van der Waals surface area contributed by atoms with Crippen LogP contribution in [-0.2, 0) is 11.7 Å². The molecule has 0 unspecified atom stereocenters. The van der Waals surface area contributed by atoms with E-state index in [9.17, 15) is 17.6 Å². The third kappa shape index (κ3) is 2.69. The second-order valence-electron chi connectivity index (χ2n) is 6.15. The number of halogens is 4. The van der Waals surface area contributed by atoms with Crippen LogP contribution < -0.4 is 5.32 Å². The Balaban J connectivity index is 1.67. The SMILES string of the molecule is Cc1cc(NC2(c3ccc(C(F)(F)F)c(F)c3)CC2)nc2ncnn12. The van der Waals surface area contributed by atoms with Crippen LogP contribution in [0.15, 0.2) is 30.6 Å². The Bertz CT molecular complexity index is 959. The minimum Gasteiger partial charge on any atom is -0.360 e. The molecule has 2 heterocycles. The van der Waals surface area contributed by atoms with Gasteiger partial charge in [0.15, 0.2) is 0 Å². The molecule has 25 heavy (non-hydrogen) atoms. The molecular weight excluding hydrogens is 338 g/mol. The molecule has 0 radical (unpaired) electrons. The molecule has 2 aromatic heterocycles. The first-order valence-electron chi connectivity index (χ1n) is 7.61. The topological polar surface area (TPSA) is 55.1 Å². The van der Waals surface area contributed by atoms with Gasteiger partial charge in [-0.25, -0.2) is 8.91 Å².